The van der Waals surface area contributed by atoms with Crippen LogP contribution in [0.5, 0.6) is 5.75 Å². The van der Waals surface area contributed by atoms with Crippen LogP contribution in [0.3, 0.4) is 0 Å². The zero-order valence-electron chi connectivity index (χ0n) is 17.9. The summed E-state index contributed by atoms with van der Waals surface area (Å²) in [6.45, 7) is 9.55. The summed E-state index contributed by atoms with van der Waals surface area (Å²) in [6, 6.07) is 11.8. The fourth-order valence-electron chi connectivity index (χ4n) is 2.93. The first-order chi connectivity index (χ1) is 13.5. The van der Waals surface area contributed by atoms with Crippen molar-refractivity contribution >= 4 is 21.6 Å². The van der Waals surface area contributed by atoms with Crippen molar-refractivity contribution in [2.24, 2.45) is 0 Å². The average molecular weight is 419 g/mol. The lowest BCUT2D eigenvalue weighted by Crippen LogP contribution is -2.50. The Hall–Kier alpha value is -2.54. The largest absolute Gasteiger partial charge is 0.491 e. The van der Waals surface area contributed by atoms with Gasteiger partial charge in [-0.15, -0.1) is 0 Å². The van der Waals surface area contributed by atoms with E-state index in [0.29, 0.717) is 5.69 Å². The highest BCUT2D eigenvalue weighted by Crippen LogP contribution is 2.23. The molecule has 2 aromatic rings. The first kappa shape index (κ1) is 22.7. The number of nitrogens with zero attached hydrogens (tertiary/aromatic N) is 1. The monoisotopic (exact) mass is 418 g/mol. The molecule has 2 atom stereocenters. The highest BCUT2D eigenvalue weighted by atomic mass is 32.2. The molecule has 2 rings (SSSR count). The van der Waals surface area contributed by atoms with Gasteiger partial charge >= 0.3 is 0 Å². The van der Waals surface area contributed by atoms with Crippen LogP contribution >= 0.6 is 0 Å². The van der Waals surface area contributed by atoms with Crippen molar-refractivity contribution in [2.75, 3.05) is 17.2 Å². The third-order valence-corrected chi connectivity index (χ3v) is 5.98. The molecule has 1 N–H and O–H groups in total. The van der Waals surface area contributed by atoms with E-state index in [0.717, 1.165) is 33.0 Å². The van der Waals surface area contributed by atoms with Crippen LogP contribution in [0.2, 0.25) is 0 Å². The fraction of sp³-hybridized carbons (Fsp3) is 0.409. The van der Waals surface area contributed by atoms with E-state index in [2.05, 4.69) is 5.32 Å². The number of ether oxygens (including phenoxy) is 1. The normalized spacial score (nSPS) is 13.4. The second-order valence-electron chi connectivity index (χ2n) is 7.54. The molecule has 0 aliphatic carbocycles. The van der Waals surface area contributed by atoms with Crippen LogP contribution in [0.15, 0.2) is 42.5 Å². The molecule has 0 unspecified atom stereocenters. The van der Waals surface area contributed by atoms with Crippen molar-refractivity contribution in [1.29, 1.82) is 0 Å². The summed E-state index contributed by atoms with van der Waals surface area (Å²) in [4.78, 5) is 12.7. The van der Waals surface area contributed by atoms with E-state index in [1.165, 1.54) is 0 Å². The van der Waals surface area contributed by atoms with Crippen LogP contribution in [0.1, 0.15) is 30.5 Å². The Morgan fingerprint density at radius 3 is 2.21 bits per heavy atom. The van der Waals surface area contributed by atoms with Gasteiger partial charge in [0.05, 0.1) is 18.0 Å². The number of hydrogen-bond acceptors (Lipinski definition) is 4. The number of carbonyl (C=O) groups excluding carboxylic acids is 1. The van der Waals surface area contributed by atoms with Crippen LogP contribution in [-0.2, 0) is 14.8 Å². The van der Waals surface area contributed by atoms with E-state index >= 15 is 0 Å². The van der Waals surface area contributed by atoms with Gasteiger partial charge in [0.1, 0.15) is 18.4 Å². The van der Waals surface area contributed by atoms with Crippen LogP contribution in [0.25, 0.3) is 0 Å². The molecule has 0 bridgehead atoms. The summed E-state index contributed by atoms with van der Waals surface area (Å²) in [5.41, 5.74) is 3.63. The molecule has 29 heavy (non-hydrogen) atoms. The maximum Gasteiger partial charge on any atom is 0.243 e. The Bertz CT molecular complexity index is 955. The molecule has 0 radical (unpaired) electrons. The van der Waals surface area contributed by atoms with Crippen molar-refractivity contribution in [3.63, 3.8) is 0 Å². The predicted octanol–water partition coefficient (Wildman–Crippen LogP) is 3.35. The molecule has 0 aliphatic rings. The van der Waals surface area contributed by atoms with Gasteiger partial charge in [0.2, 0.25) is 15.9 Å². The third kappa shape index (κ3) is 6.22. The lowest BCUT2D eigenvalue weighted by Gasteiger charge is -2.29. The minimum Gasteiger partial charge on any atom is -0.491 e. The molecular weight excluding hydrogens is 388 g/mol. The van der Waals surface area contributed by atoms with E-state index < -0.39 is 16.1 Å². The molecular formula is C22H30N2O4S. The summed E-state index contributed by atoms with van der Waals surface area (Å²) in [5.74, 6) is 0.339. The van der Waals surface area contributed by atoms with Gasteiger partial charge in [0.25, 0.3) is 0 Å². The first-order valence-electron chi connectivity index (χ1n) is 9.55. The highest BCUT2D eigenvalue weighted by Gasteiger charge is 2.30. The van der Waals surface area contributed by atoms with Crippen LogP contribution in [0, 0.1) is 20.8 Å². The molecule has 0 aromatic heterocycles. The second kappa shape index (κ2) is 9.31. The fourth-order valence-corrected chi connectivity index (χ4v) is 4.10. The lowest BCUT2D eigenvalue weighted by atomic mass is 10.1. The van der Waals surface area contributed by atoms with Crippen molar-refractivity contribution in [3.8, 4) is 5.75 Å². The molecule has 158 valence electrons. The SMILES string of the molecule is Cc1ccc(OC[C@@H](C)NC(=O)[C@@H](C)N(c2ccc(C)c(C)c2)S(C)(=O)=O)cc1. The number of anilines is 1. The predicted molar refractivity (Wildman–Crippen MR) is 117 cm³/mol. The highest BCUT2D eigenvalue weighted by molar-refractivity contribution is 7.92. The van der Waals surface area contributed by atoms with Crippen molar-refractivity contribution in [1.82, 2.24) is 5.32 Å². The van der Waals surface area contributed by atoms with Gasteiger partial charge in [-0.05, 0) is 70.0 Å². The van der Waals surface area contributed by atoms with Gasteiger partial charge in [-0.1, -0.05) is 23.8 Å². The van der Waals surface area contributed by atoms with E-state index in [1.807, 2.05) is 58.0 Å². The topological polar surface area (TPSA) is 75.7 Å². The summed E-state index contributed by atoms with van der Waals surface area (Å²) in [6.07, 6.45) is 1.11. The molecule has 6 nitrogen and oxygen atoms in total. The van der Waals surface area contributed by atoms with Crippen LogP contribution < -0.4 is 14.4 Å². The van der Waals surface area contributed by atoms with Gasteiger partial charge in [-0.2, -0.15) is 0 Å². The number of benzene rings is 2. The lowest BCUT2D eigenvalue weighted by molar-refractivity contribution is -0.122. The van der Waals surface area contributed by atoms with Crippen molar-refractivity contribution < 1.29 is 17.9 Å². The van der Waals surface area contributed by atoms with Gasteiger partial charge in [-0.25, -0.2) is 8.42 Å². The molecule has 2 aromatic carbocycles. The quantitative estimate of drug-likeness (QED) is 0.713. The van der Waals surface area contributed by atoms with Crippen LogP contribution in [-0.4, -0.2) is 39.3 Å². The maximum atomic E-state index is 12.7. The molecule has 0 fully saturated rings. The molecule has 7 heteroatoms. The van der Waals surface area contributed by atoms with E-state index in [-0.39, 0.29) is 18.6 Å². The summed E-state index contributed by atoms with van der Waals surface area (Å²) < 4.78 is 31.7. The van der Waals surface area contributed by atoms with Crippen molar-refractivity contribution in [2.45, 2.75) is 46.7 Å². The Labute approximate surface area is 173 Å². The minimum absolute atomic E-state index is 0.282. The first-order valence-corrected chi connectivity index (χ1v) is 11.4. The number of carbonyl (C=O) groups is 1. The number of amides is 1. The molecule has 0 saturated heterocycles. The van der Waals surface area contributed by atoms with E-state index in [4.69, 9.17) is 4.74 Å². The number of hydrogen-bond donors (Lipinski definition) is 1. The molecule has 0 saturated carbocycles. The summed E-state index contributed by atoms with van der Waals surface area (Å²) in [7, 11) is -3.65. The number of rotatable bonds is 8. The van der Waals surface area contributed by atoms with Gasteiger partial charge in [-0.3, -0.25) is 9.10 Å². The smallest absolute Gasteiger partial charge is 0.243 e. The molecule has 0 aliphatic heterocycles. The Kier molecular flexibility index (Phi) is 7.30. The zero-order valence-corrected chi connectivity index (χ0v) is 18.7. The van der Waals surface area contributed by atoms with Crippen molar-refractivity contribution in [3.05, 3.63) is 59.2 Å². The molecule has 0 heterocycles. The number of sulfonamides is 1. The summed E-state index contributed by atoms with van der Waals surface area (Å²) >= 11 is 0. The minimum atomic E-state index is -3.65. The zero-order chi connectivity index (χ0) is 21.8. The average Bonchev–Trinajstić information content (AvgIpc) is 2.63. The standard InChI is InChI=1S/C22H30N2O4S/c1-15-7-11-21(12-8-15)28-14-18(4)23-22(25)19(5)24(29(6,26)27)20-10-9-16(2)17(3)13-20/h7-13,18-19H,14H2,1-6H3,(H,23,25)/t18-,19-/m1/s1. The molecule has 0 spiro atoms. The number of nitrogens with one attached hydrogen (secondary N) is 1. The Morgan fingerprint density at radius 2 is 1.66 bits per heavy atom. The maximum absolute atomic E-state index is 12.7. The Balaban J connectivity index is 2.08. The third-order valence-electron chi connectivity index (χ3n) is 4.74. The molecule has 1 amide bonds. The Morgan fingerprint density at radius 1 is 1.03 bits per heavy atom. The van der Waals surface area contributed by atoms with Gasteiger partial charge < -0.3 is 10.1 Å². The summed E-state index contributed by atoms with van der Waals surface area (Å²) in [5, 5.41) is 2.84. The second-order valence-corrected chi connectivity index (χ2v) is 9.40. The van der Waals surface area contributed by atoms with E-state index in [9.17, 15) is 13.2 Å². The number of aryl methyl sites for hydroxylation is 3. The van der Waals surface area contributed by atoms with Gasteiger partial charge in [0, 0.05) is 0 Å². The van der Waals surface area contributed by atoms with Gasteiger partial charge in [0.15, 0.2) is 0 Å². The van der Waals surface area contributed by atoms with E-state index in [1.54, 1.807) is 19.1 Å². The van der Waals surface area contributed by atoms with Crippen LogP contribution in [0.4, 0.5) is 5.69 Å².